The topological polar surface area (TPSA) is 115 Å². The smallest absolute Gasteiger partial charge is 0.336 e. The number of aliphatic carboxylic acids is 1. The quantitative estimate of drug-likeness (QED) is 0.694. The van der Waals surface area contributed by atoms with Gasteiger partial charge in [0, 0.05) is 19.0 Å². The molecule has 27 heavy (non-hydrogen) atoms. The number of morpholine rings is 1. The molecule has 0 bridgehead atoms. The molecule has 10 heteroatoms. The second-order valence-electron chi connectivity index (χ2n) is 6.91. The first-order valence-electron chi connectivity index (χ1n) is 8.95. The van der Waals surface area contributed by atoms with Crippen LogP contribution in [0.3, 0.4) is 0 Å². The Morgan fingerprint density at radius 3 is 2.74 bits per heavy atom. The van der Waals surface area contributed by atoms with E-state index in [2.05, 4.69) is 20.1 Å². The van der Waals surface area contributed by atoms with Crippen molar-refractivity contribution >= 4 is 28.3 Å². The summed E-state index contributed by atoms with van der Waals surface area (Å²) < 4.78 is 8.04. The molecule has 1 saturated carbocycles. The highest BCUT2D eigenvalue weighted by molar-refractivity contribution is 5.90. The van der Waals surface area contributed by atoms with Crippen LogP contribution in [-0.4, -0.2) is 61.5 Å². The van der Waals surface area contributed by atoms with Crippen LogP contribution in [0.4, 0.5) is 5.69 Å². The van der Waals surface area contributed by atoms with Gasteiger partial charge in [-0.25, -0.2) is 14.2 Å². The summed E-state index contributed by atoms with van der Waals surface area (Å²) >= 11 is 0. The molecule has 1 aliphatic heterocycles. The number of carbonyl (C=O) groups is 1. The van der Waals surface area contributed by atoms with E-state index in [1.54, 1.807) is 6.20 Å². The molecule has 140 valence electrons. The molecule has 0 spiro atoms. The minimum absolute atomic E-state index is 0.205. The summed E-state index contributed by atoms with van der Waals surface area (Å²) in [4.78, 5) is 31.1. The maximum absolute atomic E-state index is 13.1. The monoisotopic (exact) mass is 370 g/mol. The number of hydrogen-bond acceptors (Lipinski definition) is 7. The molecular formula is C17H18N6O4. The Balaban J connectivity index is 1.77. The molecular weight excluding hydrogens is 352 g/mol. The lowest BCUT2D eigenvalue weighted by atomic mass is 10.2. The summed E-state index contributed by atoms with van der Waals surface area (Å²) in [5, 5.41) is 17.7. The first kappa shape index (κ1) is 16.2. The van der Waals surface area contributed by atoms with E-state index in [1.165, 1.54) is 8.97 Å². The van der Waals surface area contributed by atoms with Crippen molar-refractivity contribution in [3.8, 4) is 0 Å². The van der Waals surface area contributed by atoms with Gasteiger partial charge in [0.15, 0.2) is 5.65 Å². The van der Waals surface area contributed by atoms with Crippen LogP contribution in [0.1, 0.15) is 24.6 Å². The van der Waals surface area contributed by atoms with Crippen LogP contribution in [0.5, 0.6) is 0 Å². The van der Waals surface area contributed by atoms with E-state index in [0.717, 1.165) is 31.6 Å². The largest absolute Gasteiger partial charge is 0.480 e. The summed E-state index contributed by atoms with van der Waals surface area (Å²) in [5.74, 6) is -0.290. The van der Waals surface area contributed by atoms with Crippen LogP contribution < -0.4 is 10.6 Å². The van der Waals surface area contributed by atoms with Gasteiger partial charge in [0.25, 0.3) is 0 Å². The predicted octanol–water partition coefficient (Wildman–Crippen LogP) is 0.238. The van der Waals surface area contributed by atoms with E-state index in [-0.39, 0.29) is 5.92 Å². The Hall–Kier alpha value is -3.01. The summed E-state index contributed by atoms with van der Waals surface area (Å²) in [6.45, 7) is 2.23. The van der Waals surface area contributed by atoms with Gasteiger partial charge in [-0.05, 0) is 18.9 Å². The van der Waals surface area contributed by atoms with Gasteiger partial charge < -0.3 is 14.7 Å². The van der Waals surface area contributed by atoms with Crippen molar-refractivity contribution < 1.29 is 14.6 Å². The van der Waals surface area contributed by atoms with E-state index in [1.807, 2.05) is 6.07 Å². The number of nitrogens with zero attached hydrogens (tertiary/aromatic N) is 6. The number of aromatic nitrogens is 5. The van der Waals surface area contributed by atoms with Gasteiger partial charge in [-0.1, -0.05) is 0 Å². The van der Waals surface area contributed by atoms with Crippen LogP contribution in [0.25, 0.3) is 16.7 Å². The van der Waals surface area contributed by atoms with Crippen molar-refractivity contribution in [1.82, 2.24) is 24.1 Å². The Morgan fingerprint density at radius 1 is 1.26 bits per heavy atom. The number of rotatable bonds is 4. The Bertz CT molecular complexity index is 1110. The third-order valence-corrected chi connectivity index (χ3v) is 5.08. The highest BCUT2D eigenvalue weighted by atomic mass is 16.5. The van der Waals surface area contributed by atoms with Gasteiger partial charge in [-0.15, -0.1) is 10.2 Å². The third-order valence-electron chi connectivity index (χ3n) is 5.08. The molecule has 5 rings (SSSR count). The van der Waals surface area contributed by atoms with Crippen LogP contribution >= 0.6 is 0 Å². The zero-order valence-corrected chi connectivity index (χ0v) is 14.5. The molecule has 3 aromatic rings. The van der Waals surface area contributed by atoms with E-state index in [0.29, 0.717) is 35.7 Å². The van der Waals surface area contributed by atoms with Gasteiger partial charge in [0.2, 0.25) is 0 Å². The zero-order chi connectivity index (χ0) is 18.5. The molecule has 10 nitrogen and oxygen atoms in total. The zero-order valence-electron chi connectivity index (χ0n) is 14.5. The summed E-state index contributed by atoms with van der Waals surface area (Å²) in [5.41, 5.74) is 1.70. The number of carboxylic acid groups (broad SMARTS) is 1. The maximum Gasteiger partial charge on any atom is 0.336 e. The lowest BCUT2D eigenvalue weighted by Crippen LogP contribution is -2.36. The number of pyridine rings is 1. The number of carboxylic acids is 1. The van der Waals surface area contributed by atoms with Crippen LogP contribution in [0, 0.1) is 0 Å². The molecule has 0 unspecified atom stereocenters. The number of fused-ring (bicyclic) bond motifs is 3. The van der Waals surface area contributed by atoms with Crippen molar-refractivity contribution in [2.75, 3.05) is 31.2 Å². The normalized spacial score (nSPS) is 17.7. The SMILES string of the molecule is O=C(O)Cn1c(=O)n2c(C3CC3)nnc2c2ncc(N3CCOCC3)cc21. The molecule has 1 N–H and O–H groups in total. The number of anilines is 1. The second-order valence-corrected chi connectivity index (χ2v) is 6.91. The average Bonchev–Trinajstić information content (AvgIpc) is 3.43. The predicted molar refractivity (Wildman–Crippen MR) is 95.2 cm³/mol. The molecule has 1 saturated heterocycles. The van der Waals surface area contributed by atoms with Crippen LogP contribution in [-0.2, 0) is 16.1 Å². The standard InChI is InChI=1S/C17H18N6O4/c24-13(25)9-22-12-7-11(21-3-5-27-6-4-21)8-18-14(12)16-20-19-15(10-1-2-10)23(16)17(22)26/h7-8,10H,1-6,9H2,(H,24,25). The third kappa shape index (κ3) is 2.64. The molecule has 0 amide bonds. The fourth-order valence-electron chi connectivity index (χ4n) is 3.57. The number of ether oxygens (including phenoxy) is 1. The van der Waals surface area contributed by atoms with Gasteiger partial charge >= 0.3 is 11.7 Å². The fourth-order valence-corrected chi connectivity index (χ4v) is 3.57. The maximum atomic E-state index is 13.1. The Labute approximate surface area is 153 Å². The molecule has 2 aliphatic rings. The van der Waals surface area contributed by atoms with Crippen molar-refractivity contribution in [3.63, 3.8) is 0 Å². The lowest BCUT2D eigenvalue weighted by Gasteiger charge is -2.28. The Morgan fingerprint density at radius 2 is 2.04 bits per heavy atom. The molecule has 1 aliphatic carbocycles. The van der Waals surface area contributed by atoms with E-state index in [9.17, 15) is 14.7 Å². The van der Waals surface area contributed by atoms with Gasteiger partial charge in [0.1, 0.15) is 17.9 Å². The van der Waals surface area contributed by atoms with Crippen LogP contribution in [0.2, 0.25) is 0 Å². The first-order valence-corrected chi connectivity index (χ1v) is 8.95. The highest BCUT2D eigenvalue weighted by Crippen LogP contribution is 2.39. The summed E-state index contributed by atoms with van der Waals surface area (Å²) in [6, 6.07) is 1.81. The van der Waals surface area contributed by atoms with Crippen molar-refractivity contribution in [2.24, 2.45) is 0 Å². The highest BCUT2D eigenvalue weighted by Gasteiger charge is 2.31. The van der Waals surface area contributed by atoms with Gasteiger partial charge in [-0.2, -0.15) is 0 Å². The molecule has 0 aromatic carbocycles. The van der Waals surface area contributed by atoms with E-state index in [4.69, 9.17) is 4.74 Å². The molecule has 0 atom stereocenters. The first-order chi connectivity index (χ1) is 13.1. The van der Waals surface area contributed by atoms with E-state index < -0.39 is 18.2 Å². The summed E-state index contributed by atoms with van der Waals surface area (Å²) in [7, 11) is 0. The molecule has 4 heterocycles. The number of hydrogen-bond donors (Lipinski definition) is 1. The lowest BCUT2D eigenvalue weighted by molar-refractivity contribution is -0.137. The van der Waals surface area contributed by atoms with Gasteiger partial charge in [0.05, 0.1) is 30.6 Å². The minimum atomic E-state index is -1.09. The fraction of sp³-hybridized carbons (Fsp3) is 0.471. The molecule has 3 aromatic heterocycles. The minimum Gasteiger partial charge on any atom is -0.480 e. The molecule has 2 fully saturated rings. The average molecular weight is 370 g/mol. The van der Waals surface area contributed by atoms with Crippen molar-refractivity contribution in [2.45, 2.75) is 25.3 Å². The van der Waals surface area contributed by atoms with Crippen molar-refractivity contribution in [3.05, 3.63) is 28.6 Å². The second kappa shape index (κ2) is 6.02. The van der Waals surface area contributed by atoms with Crippen LogP contribution in [0.15, 0.2) is 17.1 Å². The van der Waals surface area contributed by atoms with Crippen molar-refractivity contribution in [1.29, 1.82) is 0 Å². The van der Waals surface area contributed by atoms with Gasteiger partial charge in [-0.3, -0.25) is 9.36 Å². The molecule has 0 radical (unpaired) electrons. The van der Waals surface area contributed by atoms with E-state index >= 15 is 0 Å². The summed E-state index contributed by atoms with van der Waals surface area (Å²) in [6.07, 6.45) is 3.65. The Kier molecular flexibility index (Phi) is 3.61.